The quantitative estimate of drug-likeness (QED) is 0.612. The number of carbonyl (C=O) groups is 2. The maximum atomic E-state index is 11.3. The van der Waals surface area contributed by atoms with E-state index < -0.39 is 5.97 Å². The van der Waals surface area contributed by atoms with Crippen LogP contribution in [-0.4, -0.2) is 28.5 Å². The van der Waals surface area contributed by atoms with Crippen molar-refractivity contribution in [2.45, 2.75) is 19.3 Å². The van der Waals surface area contributed by atoms with E-state index in [-0.39, 0.29) is 12.3 Å². The highest BCUT2D eigenvalue weighted by Gasteiger charge is 2.04. The fourth-order valence-corrected chi connectivity index (χ4v) is 1.17. The smallest absolute Gasteiger partial charge is 0.303 e. The summed E-state index contributed by atoms with van der Waals surface area (Å²) in [6.45, 7) is 0.505. The van der Waals surface area contributed by atoms with Gasteiger partial charge in [0.15, 0.2) is 0 Å². The largest absolute Gasteiger partial charge is 0.481 e. The summed E-state index contributed by atoms with van der Waals surface area (Å²) in [5.41, 5.74) is 0.522. The molecule has 0 aromatic carbocycles. The second-order valence-corrected chi connectivity index (χ2v) is 3.19. The summed E-state index contributed by atoms with van der Waals surface area (Å²) in [5.74, 6) is -0.957. The summed E-state index contributed by atoms with van der Waals surface area (Å²) in [7, 11) is 0. The van der Waals surface area contributed by atoms with E-state index in [9.17, 15) is 9.59 Å². The second kappa shape index (κ2) is 5.85. The van der Waals surface area contributed by atoms with Crippen molar-refractivity contribution in [3.8, 4) is 0 Å². The van der Waals surface area contributed by atoms with Crippen molar-refractivity contribution in [3.05, 3.63) is 24.0 Å². The number of carboxylic acids is 1. The molecule has 1 aromatic rings. The Hall–Kier alpha value is -1.78. The standard InChI is InChI=1S/C10H14N2O3/c13-9(14)5-1-2-6-12-10(15)8-4-3-7-11-8/h3-4,7,11H,1-2,5-6H2,(H,12,15)(H,13,14). The number of amides is 1. The molecular formula is C10H14N2O3. The minimum Gasteiger partial charge on any atom is -0.481 e. The summed E-state index contributed by atoms with van der Waals surface area (Å²) in [4.78, 5) is 24.3. The topological polar surface area (TPSA) is 82.2 Å². The Morgan fingerprint density at radius 3 is 2.80 bits per heavy atom. The molecule has 0 radical (unpaired) electrons. The van der Waals surface area contributed by atoms with E-state index in [1.54, 1.807) is 18.3 Å². The van der Waals surface area contributed by atoms with Crippen molar-refractivity contribution in [1.29, 1.82) is 0 Å². The third-order valence-corrected chi connectivity index (χ3v) is 1.95. The van der Waals surface area contributed by atoms with E-state index in [0.29, 0.717) is 25.1 Å². The van der Waals surface area contributed by atoms with Gasteiger partial charge < -0.3 is 15.4 Å². The van der Waals surface area contributed by atoms with Gasteiger partial charge in [0, 0.05) is 19.2 Å². The Balaban J connectivity index is 2.10. The van der Waals surface area contributed by atoms with Gasteiger partial charge in [-0.25, -0.2) is 0 Å². The molecular weight excluding hydrogens is 196 g/mol. The molecule has 1 heterocycles. The number of H-pyrrole nitrogens is 1. The van der Waals surface area contributed by atoms with Crippen LogP contribution >= 0.6 is 0 Å². The Kier molecular flexibility index (Phi) is 4.40. The molecule has 5 nitrogen and oxygen atoms in total. The first kappa shape index (κ1) is 11.3. The molecule has 5 heteroatoms. The summed E-state index contributed by atoms with van der Waals surface area (Å²) in [6, 6.07) is 3.44. The zero-order valence-electron chi connectivity index (χ0n) is 8.32. The molecule has 15 heavy (non-hydrogen) atoms. The van der Waals surface area contributed by atoms with Gasteiger partial charge in [0.1, 0.15) is 5.69 Å². The summed E-state index contributed by atoms with van der Waals surface area (Å²) >= 11 is 0. The first-order valence-electron chi connectivity index (χ1n) is 4.83. The molecule has 0 saturated carbocycles. The number of carbonyl (C=O) groups excluding carboxylic acids is 1. The molecule has 1 amide bonds. The predicted octanol–water partition coefficient (Wildman–Crippen LogP) is 0.999. The van der Waals surface area contributed by atoms with E-state index in [4.69, 9.17) is 5.11 Å². The van der Waals surface area contributed by atoms with Crippen molar-refractivity contribution in [1.82, 2.24) is 10.3 Å². The van der Waals surface area contributed by atoms with Crippen LogP contribution in [-0.2, 0) is 4.79 Å². The Morgan fingerprint density at radius 1 is 1.40 bits per heavy atom. The van der Waals surface area contributed by atoms with Crippen LogP contribution in [0.1, 0.15) is 29.8 Å². The third kappa shape index (κ3) is 4.30. The normalized spacial score (nSPS) is 9.87. The minimum atomic E-state index is -0.800. The molecule has 3 N–H and O–H groups in total. The highest BCUT2D eigenvalue weighted by molar-refractivity contribution is 5.92. The molecule has 1 aromatic heterocycles. The number of hydrogen-bond donors (Lipinski definition) is 3. The molecule has 82 valence electrons. The van der Waals surface area contributed by atoms with Gasteiger partial charge in [-0.2, -0.15) is 0 Å². The second-order valence-electron chi connectivity index (χ2n) is 3.19. The van der Waals surface area contributed by atoms with Gasteiger partial charge in [-0.15, -0.1) is 0 Å². The Morgan fingerprint density at radius 2 is 2.20 bits per heavy atom. The van der Waals surface area contributed by atoms with E-state index in [0.717, 1.165) is 0 Å². The minimum absolute atomic E-state index is 0.151. The molecule has 0 unspecified atom stereocenters. The van der Waals surface area contributed by atoms with Gasteiger partial charge in [0.25, 0.3) is 5.91 Å². The molecule has 1 rings (SSSR count). The van der Waals surface area contributed by atoms with E-state index >= 15 is 0 Å². The monoisotopic (exact) mass is 210 g/mol. The van der Waals surface area contributed by atoms with Crippen LogP contribution in [0.3, 0.4) is 0 Å². The van der Waals surface area contributed by atoms with Crippen LogP contribution in [0.25, 0.3) is 0 Å². The van der Waals surface area contributed by atoms with Gasteiger partial charge in [0.2, 0.25) is 0 Å². The van der Waals surface area contributed by atoms with E-state index in [1.807, 2.05) is 0 Å². The molecule has 0 fully saturated rings. The van der Waals surface area contributed by atoms with Gasteiger partial charge in [-0.3, -0.25) is 9.59 Å². The summed E-state index contributed by atoms with van der Waals surface area (Å²) in [6.07, 6.45) is 3.09. The fraction of sp³-hybridized carbons (Fsp3) is 0.400. The molecule has 0 saturated heterocycles. The lowest BCUT2D eigenvalue weighted by atomic mass is 10.2. The first-order chi connectivity index (χ1) is 7.20. The number of aromatic amines is 1. The molecule has 0 bridgehead atoms. The van der Waals surface area contributed by atoms with Crippen LogP contribution in [0.4, 0.5) is 0 Å². The third-order valence-electron chi connectivity index (χ3n) is 1.95. The number of unbranched alkanes of at least 4 members (excludes halogenated alkanes) is 1. The summed E-state index contributed by atoms with van der Waals surface area (Å²) in [5, 5.41) is 11.1. The van der Waals surface area contributed by atoms with E-state index in [2.05, 4.69) is 10.3 Å². The predicted molar refractivity (Wildman–Crippen MR) is 54.6 cm³/mol. The zero-order valence-corrected chi connectivity index (χ0v) is 8.32. The highest BCUT2D eigenvalue weighted by Crippen LogP contribution is 1.96. The number of nitrogens with one attached hydrogen (secondary N) is 2. The maximum absolute atomic E-state index is 11.3. The average Bonchev–Trinajstić information content (AvgIpc) is 2.69. The lowest BCUT2D eigenvalue weighted by Gasteiger charge is -2.02. The molecule has 0 spiro atoms. The number of rotatable bonds is 6. The van der Waals surface area contributed by atoms with Crippen molar-refractivity contribution in [2.24, 2.45) is 0 Å². The van der Waals surface area contributed by atoms with Gasteiger partial charge in [0.05, 0.1) is 0 Å². The maximum Gasteiger partial charge on any atom is 0.303 e. The van der Waals surface area contributed by atoms with Crippen molar-refractivity contribution in [2.75, 3.05) is 6.54 Å². The van der Waals surface area contributed by atoms with Crippen molar-refractivity contribution in [3.63, 3.8) is 0 Å². The van der Waals surface area contributed by atoms with Crippen LogP contribution in [0.5, 0.6) is 0 Å². The molecule has 0 aliphatic heterocycles. The van der Waals surface area contributed by atoms with Gasteiger partial charge >= 0.3 is 5.97 Å². The van der Waals surface area contributed by atoms with Crippen molar-refractivity contribution >= 4 is 11.9 Å². The van der Waals surface area contributed by atoms with Gasteiger partial charge in [-0.05, 0) is 25.0 Å². The van der Waals surface area contributed by atoms with Crippen LogP contribution < -0.4 is 5.32 Å². The fourth-order valence-electron chi connectivity index (χ4n) is 1.17. The van der Waals surface area contributed by atoms with Crippen LogP contribution in [0.2, 0.25) is 0 Å². The lowest BCUT2D eigenvalue weighted by Crippen LogP contribution is -2.24. The number of aliphatic carboxylic acids is 1. The number of hydrogen-bond acceptors (Lipinski definition) is 2. The van der Waals surface area contributed by atoms with Gasteiger partial charge in [-0.1, -0.05) is 0 Å². The van der Waals surface area contributed by atoms with Crippen LogP contribution in [0, 0.1) is 0 Å². The SMILES string of the molecule is O=C(O)CCCCNC(=O)c1ccc[nH]1. The number of aromatic nitrogens is 1. The lowest BCUT2D eigenvalue weighted by molar-refractivity contribution is -0.137. The molecule has 0 aliphatic rings. The van der Waals surface area contributed by atoms with Crippen LogP contribution in [0.15, 0.2) is 18.3 Å². The summed E-state index contributed by atoms with van der Waals surface area (Å²) < 4.78 is 0. The van der Waals surface area contributed by atoms with Crippen molar-refractivity contribution < 1.29 is 14.7 Å². The highest BCUT2D eigenvalue weighted by atomic mass is 16.4. The Bertz CT molecular complexity index is 319. The zero-order chi connectivity index (χ0) is 11.1. The number of carboxylic acid groups (broad SMARTS) is 1. The first-order valence-corrected chi connectivity index (χ1v) is 4.83. The molecule has 0 aliphatic carbocycles. The average molecular weight is 210 g/mol. The van der Waals surface area contributed by atoms with E-state index in [1.165, 1.54) is 0 Å². The molecule has 0 atom stereocenters. The Labute approximate surface area is 87.5 Å².